The van der Waals surface area contributed by atoms with E-state index in [9.17, 15) is 0 Å². The smallest absolute Gasteiger partial charge is 0.305 e. The number of benzene rings is 9. The van der Waals surface area contributed by atoms with Gasteiger partial charge in [-0.15, -0.1) is 94.5 Å². The van der Waals surface area contributed by atoms with Crippen LogP contribution in [0, 0.1) is 18.2 Å². The number of fused-ring (bicyclic) bond motifs is 1. The van der Waals surface area contributed by atoms with Gasteiger partial charge in [0.25, 0.3) is 0 Å². The summed E-state index contributed by atoms with van der Waals surface area (Å²) >= 11 is 0. The summed E-state index contributed by atoms with van der Waals surface area (Å²) in [4.78, 5) is 19.6. The summed E-state index contributed by atoms with van der Waals surface area (Å²) in [5, 5.41) is 0. The molecule has 0 atom stereocenters. The van der Waals surface area contributed by atoms with Crippen molar-refractivity contribution in [3.8, 4) is 89.5 Å². The van der Waals surface area contributed by atoms with E-state index < -0.39 is 0 Å². The first-order chi connectivity index (χ1) is 36.6. The van der Waals surface area contributed by atoms with E-state index in [0.717, 1.165) is 110 Å². The van der Waals surface area contributed by atoms with E-state index >= 15 is 0 Å². The van der Waals surface area contributed by atoms with Crippen molar-refractivity contribution in [2.24, 2.45) is 0 Å². The maximum absolute atomic E-state index is 5.31. The molecule has 4 nitrogen and oxygen atoms in total. The second-order valence-corrected chi connectivity index (χ2v) is 18.6. The molecule has 3 heterocycles. The largest absolute Gasteiger partial charge is 3.00 e. The molecule has 12 aromatic rings. The third-order valence-corrected chi connectivity index (χ3v) is 13.7. The molecule has 0 fully saturated rings. The number of pyridine rings is 2. The fourth-order valence-electron chi connectivity index (χ4n) is 9.89. The number of nitrogens with zero attached hydrogens (tertiary/aromatic N) is 4. The Morgan fingerprint density at radius 1 is 0.293 bits per heavy atom. The molecule has 3 aromatic heterocycles. The van der Waals surface area contributed by atoms with Gasteiger partial charge in [0, 0.05) is 18.1 Å². The molecule has 0 N–H and O–H groups in total. The molecule has 0 aliphatic heterocycles. The van der Waals surface area contributed by atoms with Crippen LogP contribution in [-0.4, -0.2) is 19.9 Å². The fourth-order valence-corrected chi connectivity index (χ4v) is 9.89. The van der Waals surface area contributed by atoms with Crippen LogP contribution in [0.3, 0.4) is 0 Å². The number of para-hydroxylation sites is 2. The summed E-state index contributed by atoms with van der Waals surface area (Å²) in [6, 6.07) is 94.1. The van der Waals surface area contributed by atoms with Crippen molar-refractivity contribution in [3.05, 3.63) is 289 Å². The molecule has 358 valence electrons. The zero-order valence-corrected chi connectivity index (χ0v) is 43.5. The molecule has 0 radical (unpaired) electrons. The molecule has 0 unspecified atom stereocenters. The first-order valence-electron chi connectivity index (χ1n) is 25.3. The Morgan fingerprint density at radius 3 is 1.33 bits per heavy atom. The number of rotatable bonds is 14. The van der Waals surface area contributed by atoms with Gasteiger partial charge >= 0.3 is 20.1 Å². The van der Waals surface area contributed by atoms with E-state index in [2.05, 4.69) is 198 Å². The molecule has 0 spiro atoms. The molecule has 0 saturated carbocycles. The van der Waals surface area contributed by atoms with Crippen LogP contribution < -0.4 is 0 Å². The fraction of sp³-hybridized carbons (Fsp3) is 0.0571. The molecule has 9 aromatic carbocycles. The summed E-state index contributed by atoms with van der Waals surface area (Å²) in [6.45, 7) is 0. The summed E-state index contributed by atoms with van der Waals surface area (Å²) in [7, 11) is 0. The Hall–Kier alpha value is -8.73. The molecule has 12 rings (SSSR count). The van der Waals surface area contributed by atoms with Crippen LogP contribution in [0.1, 0.15) is 22.3 Å². The van der Waals surface area contributed by atoms with E-state index in [4.69, 9.17) is 9.97 Å². The van der Waals surface area contributed by atoms with Crippen molar-refractivity contribution in [2.75, 3.05) is 0 Å². The molecule has 0 aliphatic carbocycles. The van der Waals surface area contributed by atoms with Crippen molar-refractivity contribution >= 4 is 11.0 Å². The number of hydrogen-bond donors (Lipinski definition) is 0. The Bertz CT molecular complexity index is 3740. The summed E-state index contributed by atoms with van der Waals surface area (Å²) < 4.78 is 0. The van der Waals surface area contributed by atoms with Gasteiger partial charge in [0.15, 0.2) is 0 Å². The predicted molar refractivity (Wildman–Crippen MR) is 303 cm³/mol. The standard InChI is InChI=1S/C70H49N4.Ir/c1-3-15-53(16-4-1)54-37-39-55(40-38-54)64-48-59(70-69(58-17-5-2-6-18-58)73-67-23-9-10-24-68(67)74-70)41-42-63(64)62-20-8-7-19-61(62)60-46-51(27-25-49-29-33-56(34-30-49)65-21-11-13-43-71-65)45-52(47-60)28-26-50-31-35-57(36-32-50)66-22-12-14-44-72-66;/h1-24,29-33,35,37-40,42-48H,25-28H2;/q-3;+3. The van der Waals surface area contributed by atoms with Crippen LogP contribution in [0.5, 0.6) is 0 Å². The first kappa shape index (κ1) is 48.5. The SMILES string of the molecule is [Ir+3].[c-]1cc(CCc2cc(CCc3c[c-]c(-c4ccccn4)cc3)cc(-c3ccccc3-c3c[c-]c(-c4nc5ccccc5nc4-c4ccccc4)cc3-c3ccc(-c4ccccc4)cc3)c2)ccc1-c1ccccn1. The summed E-state index contributed by atoms with van der Waals surface area (Å²) in [5.74, 6) is 0. The van der Waals surface area contributed by atoms with Crippen LogP contribution >= 0.6 is 0 Å². The normalized spacial score (nSPS) is 11.0. The maximum atomic E-state index is 5.31. The topological polar surface area (TPSA) is 51.6 Å². The van der Waals surface area contributed by atoms with E-state index in [1.807, 2.05) is 79.1 Å². The van der Waals surface area contributed by atoms with E-state index in [0.29, 0.717) is 0 Å². The summed E-state index contributed by atoms with van der Waals surface area (Å²) in [5.41, 5.74) is 23.2. The van der Waals surface area contributed by atoms with Gasteiger partial charge in [0.05, 0.1) is 16.7 Å². The second-order valence-electron chi connectivity index (χ2n) is 18.6. The molecular formula is C70H49IrN4. The van der Waals surface area contributed by atoms with E-state index in [1.54, 1.807) is 0 Å². The van der Waals surface area contributed by atoms with Crippen LogP contribution in [0.25, 0.3) is 101 Å². The zero-order chi connectivity index (χ0) is 49.5. The van der Waals surface area contributed by atoms with Gasteiger partial charge in [-0.25, -0.2) is 0 Å². The third kappa shape index (κ3) is 11.0. The quantitative estimate of drug-likeness (QED) is 0.102. The average Bonchev–Trinajstić information content (AvgIpc) is 3.49. The number of aryl methyl sites for hydroxylation is 4. The minimum absolute atomic E-state index is 0. The van der Waals surface area contributed by atoms with Crippen molar-refractivity contribution in [3.63, 3.8) is 0 Å². The van der Waals surface area contributed by atoms with Gasteiger partial charge in [-0.3, -0.25) is 9.97 Å². The predicted octanol–water partition coefficient (Wildman–Crippen LogP) is 16.7. The van der Waals surface area contributed by atoms with Crippen LogP contribution in [0.15, 0.2) is 249 Å². The van der Waals surface area contributed by atoms with Gasteiger partial charge in [-0.1, -0.05) is 193 Å². The zero-order valence-electron chi connectivity index (χ0n) is 41.1. The van der Waals surface area contributed by atoms with Crippen LogP contribution in [0.2, 0.25) is 0 Å². The maximum Gasteiger partial charge on any atom is 3.00 e. The Balaban J connectivity index is 0.00000602. The van der Waals surface area contributed by atoms with Crippen molar-refractivity contribution in [1.82, 2.24) is 19.9 Å². The average molecular weight is 1140 g/mol. The Labute approximate surface area is 453 Å². The molecule has 0 amide bonds. The third-order valence-electron chi connectivity index (χ3n) is 13.7. The Kier molecular flexibility index (Phi) is 14.6. The molecule has 5 heteroatoms. The van der Waals surface area contributed by atoms with E-state index in [-0.39, 0.29) is 20.1 Å². The monoisotopic (exact) mass is 1140 g/mol. The first-order valence-corrected chi connectivity index (χ1v) is 25.3. The summed E-state index contributed by atoms with van der Waals surface area (Å²) in [6.07, 6.45) is 7.19. The Morgan fingerprint density at radius 2 is 0.773 bits per heavy atom. The van der Waals surface area contributed by atoms with Gasteiger partial charge in [0.1, 0.15) is 0 Å². The van der Waals surface area contributed by atoms with Crippen molar-refractivity contribution in [1.29, 1.82) is 0 Å². The molecule has 0 aliphatic rings. The second kappa shape index (κ2) is 22.6. The minimum Gasteiger partial charge on any atom is -0.305 e. The van der Waals surface area contributed by atoms with Gasteiger partial charge in [-0.2, -0.15) is 0 Å². The van der Waals surface area contributed by atoms with Crippen LogP contribution in [0.4, 0.5) is 0 Å². The number of hydrogen-bond acceptors (Lipinski definition) is 4. The van der Waals surface area contributed by atoms with Gasteiger partial charge < -0.3 is 9.97 Å². The molecule has 0 saturated heterocycles. The number of aromatic nitrogens is 4. The van der Waals surface area contributed by atoms with Crippen LogP contribution in [-0.2, 0) is 45.8 Å². The van der Waals surface area contributed by atoms with Gasteiger partial charge in [0.2, 0.25) is 0 Å². The minimum atomic E-state index is 0. The van der Waals surface area contributed by atoms with Crippen molar-refractivity contribution < 1.29 is 20.1 Å². The van der Waals surface area contributed by atoms with E-state index in [1.165, 1.54) is 38.9 Å². The molecular weight excluding hydrogens is 1090 g/mol. The van der Waals surface area contributed by atoms with Gasteiger partial charge in [-0.05, 0) is 93.0 Å². The van der Waals surface area contributed by atoms with Crippen molar-refractivity contribution in [2.45, 2.75) is 25.7 Å². The molecule has 75 heavy (non-hydrogen) atoms. The molecule has 0 bridgehead atoms.